The molecule has 2 rings (SSSR count). The summed E-state index contributed by atoms with van der Waals surface area (Å²) in [7, 11) is -3.39. The predicted octanol–water partition coefficient (Wildman–Crippen LogP) is 3.17. The van der Waals surface area contributed by atoms with Crippen LogP contribution in [0.1, 0.15) is 29.5 Å². The number of hydrogen-bond donors (Lipinski definition) is 1. The van der Waals surface area contributed by atoms with Crippen LogP contribution in [0.2, 0.25) is 0 Å². The second-order valence-electron chi connectivity index (χ2n) is 6.54. The minimum absolute atomic E-state index is 0.0794. The summed E-state index contributed by atoms with van der Waals surface area (Å²) in [6.07, 6.45) is 1.93. The van der Waals surface area contributed by atoms with Gasteiger partial charge in [0.2, 0.25) is 15.9 Å². The Hall–Kier alpha value is -2.34. The highest BCUT2D eigenvalue weighted by molar-refractivity contribution is 7.92. The number of nitrogens with zero attached hydrogens (tertiary/aromatic N) is 1. The zero-order valence-electron chi connectivity index (χ0n) is 15.5. The molecule has 0 aromatic heterocycles. The van der Waals surface area contributed by atoms with E-state index >= 15 is 0 Å². The average molecular weight is 375 g/mol. The maximum Gasteiger partial charge on any atom is 0.232 e. The normalized spacial score (nSPS) is 11.2. The van der Waals surface area contributed by atoms with Crippen molar-refractivity contribution in [2.24, 2.45) is 0 Å². The fourth-order valence-electron chi connectivity index (χ4n) is 2.76. The lowest BCUT2D eigenvalue weighted by atomic mass is 10.1. The van der Waals surface area contributed by atoms with Crippen molar-refractivity contribution in [1.29, 1.82) is 0 Å². The first-order chi connectivity index (χ1) is 12.3. The van der Waals surface area contributed by atoms with Crippen LogP contribution in [0, 0.1) is 13.8 Å². The third-order valence-corrected chi connectivity index (χ3v) is 5.22. The Morgan fingerprint density at radius 2 is 1.69 bits per heavy atom. The fourth-order valence-corrected chi connectivity index (χ4v) is 3.72. The standard InChI is InChI=1S/C20H26N2O3S/c1-16-7-4-9-18(13-16)15-21-20(23)11-6-12-22(26(3,24)25)19-10-5-8-17(2)14-19/h4-5,7-10,13-14H,6,11-12,15H2,1-3H3,(H,21,23). The molecule has 0 aliphatic carbocycles. The quantitative estimate of drug-likeness (QED) is 0.772. The number of benzene rings is 2. The van der Waals surface area contributed by atoms with Gasteiger partial charge in [-0.25, -0.2) is 8.42 Å². The first-order valence-electron chi connectivity index (χ1n) is 8.62. The van der Waals surface area contributed by atoms with Crippen LogP contribution >= 0.6 is 0 Å². The molecular formula is C20H26N2O3S. The Labute approximate surface area is 156 Å². The van der Waals surface area contributed by atoms with Crippen molar-refractivity contribution in [1.82, 2.24) is 5.32 Å². The molecule has 1 N–H and O–H groups in total. The number of rotatable bonds is 8. The van der Waals surface area contributed by atoms with Crippen LogP contribution in [-0.2, 0) is 21.4 Å². The van der Waals surface area contributed by atoms with Crippen molar-refractivity contribution in [3.05, 3.63) is 65.2 Å². The van der Waals surface area contributed by atoms with Gasteiger partial charge in [0.15, 0.2) is 0 Å². The van der Waals surface area contributed by atoms with E-state index in [9.17, 15) is 13.2 Å². The number of anilines is 1. The first kappa shape index (κ1) is 20.0. The van der Waals surface area contributed by atoms with Crippen molar-refractivity contribution < 1.29 is 13.2 Å². The van der Waals surface area contributed by atoms with Gasteiger partial charge in [0.1, 0.15) is 0 Å². The Morgan fingerprint density at radius 3 is 2.31 bits per heavy atom. The molecule has 0 saturated carbocycles. The Kier molecular flexibility index (Phi) is 6.80. The first-order valence-corrected chi connectivity index (χ1v) is 10.5. The van der Waals surface area contributed by atoms with E-state index in [1.165, 1.54) is 10.6 Å². The van der Waals surface area contributed by atoms with E-state index in [2.05, 4.69) is 5.32 Å². The van der Waals surface area contributed by atoms with Crippen LogP contribution in [0.5, 0.6) is 0 Å². The lowest BCUT2D eigenvalue weighted by molar-refractivity contribution is -0.121. The third-order valence-electron chi connectivity index (χ3n) is 4.03. The monoisotopic (exact) mass is 374 g/mol. The van der Waals surface area contributed by atoms with E-state index < -0.39 is 10.0 Å². The van der Waals surface area contributed by atoms with E-state index in [4.69, 9.17) is 0 Å². The van der Waals surface area contributed by atoms with Gasteiger partial charge in [-0.2, -0.15) is 0 Å². The smallest absolute Gasteiger partial charge is 0.232 e. The van der Waals surface area contributed by atoms with E-state index in [-0.39, 0.29) is 18.9 Å². The van der Waals surface area contributed by atoms with E-state index in [0.717, 1.165) is 16.7 Å². The van der Waals surface area contributed by atoms with Gasteiger partial charge in [-0.1, -0.05) is 42.0 Å². The highest BCUT2D eigenvalue weighted by Crippen LogP contribution is 2.19. The van der Waals surface area contributed by atoms with E-state index in [1.54, 1.807) is 6.07 Å². The topological polar surface area (TPSA) is 66.5 Å². The van der Waals surface area contributed by atoms with Crippen LogP contribution in [0.15, 0.2) is 48.5 Å². The largest absolute Gasteiger partial charge is 0.352 e. The average Bonchev–Trinajstić information content (AvgIpc) is 2.56. The maximum absolute atomic E-state index is 12.1. The molecule has 2 aromatic rings. The van der Waals surface area contributed by atoms with Gasteiger partial charge in [0, 0.05) is 19.5 Å². The zero-order chi connectivity index (χ0) is 19.2. The second-order valence-corrected chi connectivity index (χ2v) is 8.45. The van der Waals surface area contributed by atoms with Gasteiger partial charge < -0.3 is 5.32 Å². The predicted molar refractivity (Wildman–Crippen MR) is 106 cm³/mol. The molecule has 0 aliphatic rings. The number of carbonyl (C=O) groups excluding carboxylic acids is 1. The number of nitrogens with one attached hydrogen (secondary N) is 1. The molecule has 0 unspecified atom stereocenters. The number of sulfonamides is 1. The number of aryl methyl sites for hydroxylation is 2. The molecule has 0 fully saturated rings. The van der Waals surface area contributed by atoms with Crippen LogP contribution in [0.25, 0.3) is 0 Å². The van der Waals surface area contributed by atoms with E-state index in [0.29, 0.717) is 18.7 Å². The van der Waals surface area contributed by atoms with Crippen molar-refractivity contribution in [3.63, 3.8) is 0 Å². The maximum atomic E-state index is 12.1. The fraction of sp³-hybridized carbons (Fsp3) is 0.350. The SMILES string of the molecule is Cc1cccc(CNC(=O)CCCN(c2cccc(C)c2)S(C)(=O)=O)c1. The van der Waals surface area contributed by atoms with Gasteiger partial charge in [-0.05, 0) is 43.5 Å². The van der Waals surface area contributed by atoms with Crippen LogP contribution < -0.4 is 9.62 Å². The summed E-state index contributed by atoms with van der Waals surface area (Å²) in [5, 5.41) is 2.88. The molecule has 0 spiro atoms. The number of hydrogen-bond acceptors (Lipinski definition) is 3. The lowest BCUT2D eigenvalue weighted by Gasteiger charge is -2.22. The van der Waals surface area contributed by atoms with Gasteiger partial charge >= 0.3 is 0 Å². The van der Waals surface area contributed by atoms with E-state index in [1.807, 2.05) is 56.3 Å². The summed E-state index contributed by atoms with van der Waals surface area (Å²) in [6.45, 7) is 4.69. The molecule has 0 atom stereocenters. The summed E-state index contributed by atoms with van der Waals surface area (Å²) in [6, 6.07) is 15.3. The molecular weight excluding hydrogens is 348 g/mol. The van der Waals surface area contributed by atoms with Crippen molar-refractivity contribution in [2.75, 3.05) is 17.1 Å². The second kappa shape index (κ2) is 8.85. The van der Waals surface area contributed by atoms with Gasteiger partial charge in [0.05, 0.1) is 11.9 Å². The molecule has 140 valence electrons. The molecule has 0 radical (unpaired) electrons. The van der Waals surface area contributed by atoms with Crippen molar-refractivity contribution in [2.45, 2.75) is 33.2 Å². The van der Waals surface area contributed by atoms with Gasteiger partial charge in [-0.3, -0.25) is 9.10 Å². The molecule has 0 heterocycles. The summed E-state index contributed by atoms with van der Waals surface area (Å²) in [4.78, 5) is 12.0. The summed E-state index contributed by atoms with van der Waals surface area (Å²) in [5.74, 6) is -0.0794. The molecule has 0 saturated heterocycles. The highest BCUT2D eigenvalue weighted by Gasteiger charge is 2.17. The minimum Gasteiger partial charge on any atom is -0.352 e. The van der Waals surface area contributed by atoms with Crippen LogP contribution in [-0.4, -0.2) is 27.1 Å². The summed E-state index contributed by atoms with van der Waals surface area (Å²) >= 11 is 0. The Morgan fingerprint density at radius 1 is 1.04 bits per heavy atom. The van der Waals surface area contributed by atoms with Crippen LogP contribution in [0.4, 0.5) is 5.69 Å². The molecule has 26 heavy (non-hydrogen) atoms. The summed E-state index contributed by atoms with van der Waals surface area (Å²) in [5.41, 5.74) is 3.83. The minimum atomic E-state index is -3.39. The molecule has 6 heteroatoms. The van der Waals surface area contributed by atoms with Crippen molar-refractivity contribution in [3.8, 4) is 0 Å². The zero-order valence-corrected chi connectivity index (χ0v) is 16.3. The van der Waals surface area contributed by atoms with Crippen molar-refractivity contribution >= 4 is 21.6 Å². The lowest BCUT2D eigenvalue weighted by Crippen LogP contribution is -2.32. The molecule has 5 nitrogen and oxygen atoms in total. The number of carbonyl (C=O) groups is 1. The molecule has 0 bridgehead atoms. The number of amides is 1. The third kappa shape index (κ3) is 6.19. The van der Waals surface area contributed by atoms with Gasteiger partial charge in [0.25, 0.3) is 0 Å². The van der Waals surface area contributed by atoms with Gasteiger partial charge in [-0.15, -0.1) is 0 Å². The van der Waals surface area contributed by atoms with Crippen LogP contribution in [0.3, 0.4) is 0 Å². The molecule has 2 aromatic carbocycles. The summed E-state index contributed by atoms with van der Waals surface area (Å²) < 4.78 is 25.5. The Bertz CT molecular complexity index is 863. The molecule has 1 amide bonds. The highest BCUT2D eigenvalue weighted by atomic mass is 32.2. The Balaban J connectivity index is 1.88. The molecule has 0 aliphatic heterocycles.